The number of likely N-dealkylation sites (tertiary alicyclic amines) is 1. The fourth-order valence-electron chi connectivity index (χ4n) is 3.00. The summed E-state index contributed by atoms with van der Waals surface area (Å²) in [6.45, 7) is 6.42. The van der Waals surface area contributed by atoms with Crippen molar-refractivity contribution in [3.63, 3.8) is 0 Å². The zero-order valence-electron chi connectivity index (χ0n) is 12.3. The average Bonchev–Trinajstić information content (AvgIpc) is 2.93. The molecule has 1 aliphatic rings. The van der Waals surface area contributed by atoms with Crippen molar-refractivity contribution in [1.82, 2.24) is 9.47 Å². The van der Waals surface area contributed by atoms with E-state index in [1.165, 1.54) is 6.07 Å². The Hall–Kier alpha value is -1.33. The topological polar surface area (TPSA) is 65.7 Å². The molecule has 1 aromatic rings. The monoisotopic (exact) mass is 280 g/mol. The van der Waals surface area contributed by atoms with Crippen molar-refractivity contribution in [2.45, 2.75) is 45.7 Å². The molecule has 0 spiro atoms. The van der Waals surface area contributed by atoms with Crippen molar-refractivity contribution in [1.29, 1.82) is 0 Å². The van der Waals surface area contributed by atoms with Gasteiger partial charge in [0, 0.05) is 18.3 Å². The van der Waals surface area contributed by atoms with Crippen LogP contribution in [0.4, 0.5) is 0 Å². The van der Waals surface area contributed by atoms with Crippen LogP contribution in [0.25, 0.3) is 0 Å². The van der Waals surface area contributed by atoms with E-state index in [-0.39, 0.29) is 23.8 Å². The highest BCUT2D eigenvalue weighted by atomic mass is 16.3. The van der Waals surface area contributed by atoms with E-state index in [2.05, 4.69) is 4.90 Å². The number of rotatable bonds is 5. The predicted molar refractivity (Wildman–Crippen MR) is 78.0 cm³/mol. The minimum atomic E-state index is -0.333. The van der Waals surface area contributed by atoms with Crippen LogP contribution in [0, 0.1) is 6.92 Å². The van der Waals surface area contributed by atoms with Gasteiger partial charge in [0.1, 0.15) is 0 Å². The van der Waals surface area contributed by atoms with Crippen LogP contribution in [-0.2, 0) is 6.54 Å². The van der Waals surface area contributed by atoms with E-state index < -0.39 is 0 Å². The van der Waals surface area contributed by atoms with Gasteiger partial charge in [-0.1, -0.05) is 6.92 Å². The molecule has 2 rings (SSSR count). The average molecular weight is 280 g/mol. The number of aromatic hydroxyl groups is 1. The molecule has 1 saturated heterocycles. The molecule has 0 radical (unpaired) electrons. The molecule has 1 fully saturated rings. The minimum absolute atomic E-state index is 0.00660. The molecule has 1 aliphatic heterocycles. The molecule has 0 aromatic carbocycles. The summed E-state index contributed by atoms with van der Waals surface area (Å²) in [6, 6.07) is 1.35. The van der Waals surface area contributed by atoms with Crippen LogP contribution < -0.4 is 5.43 Å². The first kappa shape index (κ1) is 15.1. The lowest BCUT2D eigenvalue weighted by Crippen LogP contribution is -2.28. The predicted octanol–water partition coefficient (Wildman–Crippen LogP) is 1.40. The fraction of sp³-hybridized carbons (Fsp3) is 0.667. The number of hydrogen-bond acceptors (Lipinski definition) is 4. The van der Waals surface area contributed by atoms with Gasteiger partial charge in [0.15, 0.2) is 5.75 Å². The molecule has 112 valence electrons. The smallest absolute Gasteiger partial charge is 0.223 e. The van der Waals surface area contributed by atoms with Gasteiger partial charge in [-0.3, -0.25) is 9.69 Å². The maximum atomic E-state index is 11.8. The summed E-state index contributed by atoms with van der Waals surface area (Å²) in [5, 5.41) is 19.7. The number of aryl methyl sites for hydroxylation is 1. The third-order valence-electron chi connectivity index (χ3n) is 4.14. The first-order valence-corrected chi connectivity index (χ1v) is 7.35. The molecule has 5 nitrogen and oxygen atoms in total. The SMILES string of the molecule is CCC(CO)n1c(C)cc(=O)c(O)c1CN1CCCC1. The van der Waals surface area contributed by atoms with Gasteiger partial charge in [-0.15, -0.1) is 0 Å². The van der Waals surface area contributed by atoms with E-state index in [0.29, 0.717) is 12.2 Å². The summed E-state index contributed by atoms with van der Waals surface area (Å²) >= 11 is 0. The van der Waals surface area contributed by atoms with Crippen molar-refractivity contribution < 1.29 is 10.2 Å². The Balaban J connectivity index is 2.46. The van der Waals surface area contributed by atoms with Gasteiger partial charge in [-0.05, 0) is 39.3 Å². The zero-order chi connectivity index (χ0) is 14.7. The minimum Gasteiger partial charge on any atom is -0.503 e. The van der Waals surface area contributed by atoms with E-state index >= 15 is 0 Å². The Morgan fingerprint density at radius 2 is 2.00 bits per heavy atom. The molecule has 1 atom stereocenters. The van der Waals surface area contributed by atoms with Crippen molar-refractivity contribution in [3.05, 3.63) is 27.7 Å². The Bertz CT molecular complexity index is 515. The van der Waals surface area contributed by atoms with E-state index in [9.17, 15) is 15.0 Å². The molecule has 0 amide bonds. The van der Waals surface area contributed by atoms with Gasteiger partial charge < -0.3 is 14.8 Å². The number of nitrogens with zero attached hydrogens (tertiary/aromatic N) is 2. The lowest BCUT2D eigenvalue weighted by Gasteiger charge is -2.27. The molecule has 0 aliphatic carbocycles. The van der Waals surface area contributed by atoms with Crippen LogP contribution in [0.1, 0.15) is 43.6 Å². The standard InChI is InChI=1S/C15H24N2O3/c1-3-12(10-18)17-11(2)8-14(19)15(20)13(17)9-16-6-4-5-7-16/h8,12,18,20H,3-7,9-10H2,1-2H3. The van der Waals surface area contributed by atoms with E-state index in [1.54, 1.807) is 0 Å². The van der Waals surface area contributed by atoms with Crippen LogP contribution in [0.3, 0.4) is 0 Å². The number of pyridine rings is 1. The first-order chi connectivity index (χ1) is 9.58. The second-order valence-electron chi connectivity index (χ2n) is 5.54. The van der Waals surface area contributed by atoms with Crippen molar-refractivity contribution in [2.75, 3.05) is 19.7 Å². The second-order valence-corrected chi connectivity index (χ2v) is 5.54. The maximum absolute atomic E-state index is 11.8. The number of aliphatic hydroxyl groups is 1. The first-order valence-electron chi connectivity index (χ1n) is 7.35. The highest BCUT2D eigenvalue weighted by Crippen LogP contribution is 2.24. The summed E-state index contributed by atoms with van der Waals surface area (Å²) in [7, 11) is 0. The molecule has 0 bridgehead atoms. The Kier molecular flexibility index (Phi) is 4.83. The lowest BCUT2D eigenvalue weighted by molar-refractivity contribution is 0.212. The fourth-order valence-corrected chi connectivity index (χ4v) is 3.00. The molecule has 2 N–H and O–H groups in total. The van der Waals surface area contributed by atoms with Gasteiger partial charge in [-0.25, -0.2) is 0 Å². The highest BCUT2D eigenvalue weighted by Gasteiger charge is 2.22. The Morgan fingerprint density at radius 1 is 1.35 bits per heavy atom. The summed E-state index contributed by atoms with van der Waals surface area (Å²) in [6.07, 6.45) is 3.08. The number of aliphatic hydroxyl groups excluding tert-OH is 1. The van der Waals surface area contributed by atoms with Crippen LogP contribution in [0.5, 0.6) is 5.75 Å². The third kappa shape index (κ3) is 2.88. The summed E-state index contributed by atoms with van der Waals surface area (Å²) in [5.74, 6) is -0.172. The molecular weight excluding hydrogens is 256 g/mol. The Labute approximate surface area is 119 Å². The summed E-state index contributed by atoms with van der Waals surface area (Å²) in [5.41, 5.74) is 1.10. The van der Waals surface area contributed by atoms with Crippen molar-refractivity contribution in [2.24, 2.45) is 0 Å². The van der Waals surface area contributed by atoms with Crippen LogP contribution in [0.15, 0.2) is 10.9 Å². The summed E-state index contributed by atoms with van der Waals surface area (Å²) < 4.78 is 1.93. The highest BCUT2D eigenvalue weighted by molar-refractivity contribution is 5.30. The molecule has 0 saturated carbocycles. The van der Waals surface area contributed by atoms with Crippen molar-refractivity contribution >= 4 is 0 Å². The van der Waals surface area contributed by atoms with Gasteiger partial charge in [-0.2, -0.15) is 0 Å². The number of hydrogen-bond donors (Lipinski definition) is 2. The van der Waals surface area contributed by atoms with Crippen LogP contribution >= 0.6 is 0 Å². The van der Waals surface area contributed by atoms with Gasteiger partial charge in [0.05, 0.1) is 18.3 Å². The molecular formula is C15H24N2O3. The molecule has 1 unspecified atom stereocenters. The normalized spacial score (nSPS) is 17.6. The largest absolute Gasteiger partial charge is 0.503 e. The van der Waals surface area contributed by atoms with E-state index in [4.69, 9.17) is 0 Å². The molecule has 2 heterocycles. The molecule has 20 heavy (non-hydrogen) atoms. The van der Waals surface area contributed by atoms with Gasteiger partial charge in [0.2, 0.25) is 5.43 Å². The summed E-state index contributed by atoms with van der Waals surface area (Å²) in [4.78, 5) is 14.1. The van der Waals surface area contributed by atoms with E-state index in [1.807, 2.05) is 18.4 Å². The number of aromatic nitrogens is 1. The molecule has 5 heteroatoms. The second kappa shape index (κ2) is 6.41. The third-order valence-corrected chi connectivity index (χ3v) is 4.14. The molecule has 1 aromatic heterocycles. The Morgan fingerprint density at radius 3 is 2.55 bits per heavy atom. The van der Waals surface area contributed by atoms with Gasteiger partial charge in [0.25, 0.3) is 0 Å². The van der Waals surface area contributed by atoms with Crippen molar-refractivity contribution in [3.8, 4) is 5.75 Å². The van der Waals surface area contributed by atoms with Crippen LogP contribution in [0.2, 0.25) is 0 Å². The maximum Gasteiger partial charge on any atom is 0.223 e. The van der Waals surface area contributed by atoms with E-state index in [0.717, 1.165) is 38.0 Å². The zero-order valence-corrected chi connectivity index (χ0v) is 12.3. The quantitative estimate of drug-likeness (QED) is 0.855. The van der Waals surface area contributed by atoms with Crippen LogP contribution in [-0.4, -0.2) is 39.4 Å². The van der Waals surface area contributed by atoms with Gasteiger partial charge >= 0.3 is 0 Å². The lowest BCUT2D eigenvalue weighted by atomic mass is 10.1.